The van der Waals surface area contributed by atoms with Gasteiger partial charge in [0.1, 0.15) is 0 Å². The average Bonchev–Trinajstić information content (AvgIpc) is 3.08. The Kier molecular flexibility index (Phi) is 5.75. The summed E-state index contributed by atoms with van der Waals surface area (Å²) in [4.78, 5) is 25.0. The molecule has 7 nitrogen and oxygen atoms in total. The smallest absolute Gasteiger partial charge is 0.248 e. The van der Waals surface area contributed by atoms with Gasteiger partial charge in [-0.1, -0.05) is 23.9 Å². The molecule has 0 atom stereocenters. The summed E-state index contributed by atoms with van der Waals surface area (Å²) in [6.07, 6.45) is 3.65. The summed E-state index contributed by atoms with van der Waals surface area (Å²) in [5.41, 5.74) is 10.4. The highest BCUT2D eigenvalue weighted by Crippen LogP contribution is 2.23. The van der Waals surface area contributed by atoms with E-state index in [-0.39, 0.29) is 11.7 Å². The number of nitrogens with zero attached hydrogens (tertiary/aromatic N) is 4. The highest BCUT2D eigenvalue weighted by Gasteiger charge is 2.11. The largest absolute Gasteiger partial charge is 0.295 e. The first-order chi connectivity index (χ1) is 12.9. The van der Waals surface area contributed by atoms with Gasteiger partial charge in [0.15, 0.2) is 5.16 Å². The normalized spacial score (nSPS) is 10.7. The van der Waals surface area contributed by atoms with E-state index in [4.69, 9.17) is 0 Å². The van der Waals surface area contributed by atoms with E-state index in [2.05, 4.69) is 57.9 Å². The van der Waals surface area contributed by atoms with E-state index in [1.165, 1.54) is 17.3 Å². The molecule has 2 heterocycles. The molecule has 1 aromatic carbocycles. The standard InChI is InChI=1S/C19H22N6OS/c1-12-5-6-13(2)16(9-12)25-8-7-20-19(25)27-11-17(26)23-24-18-21-14(3)10-15(4)22-18/h5-10H,11H2,1-4H3,(H,23,26)(H,21,22,24). The number of hydrogen-bond donors (Lipinski definition) is 2. The first-order valence-corrected chi connectivity index (χ1v) is 9.52. The molecule has 8 heteroatoms. The Hall–Kier alpha value is -2.87. The number of hydrogen-bond acceptors (Lipinski definition) is 6. The fraction of sp³-hybridized carbons (Fsp3) is 0.263. The van der Waals surface area contributed by atoms with E-state index < -0.39 is 0 Å². The summed E-state index contributed by atoms with van der Waals surface area (Å²) in [5, 5.41) is 0.765. The van der Waals surface area contributed by atoms with Gasteiger partial charge in [0, 0.05) is 23.8 Å². The lowest BCUT2D eigenvalue weighted by Gasteiger charge is -2.12. The van der Waals surface area contributed by atoms with Crippen molar-refractivity contribution in [1.29, 1.82) is 0 Å². The lowest BCUT2D eigenvalue weighted by molar-refractivity contribution is -0.118. The summed E-state index contributed by atoms with van der Waals surface area (Å²) < 4.78 is 2.00. The number of amides is 1. The molecule has 2 aromatic heterocycles. The van der Waals surface area contributed by atoms with E-state index in [1.54, 1.807) is 6.20 Å². The third-order valence-electron chi connectivity index (χ3n) is 3.86. The van der Waals surface area contributed by atoms with Gasteiger partial charge in [0.05, 0.1) is 11.4 Å². The molecule has 3 aromatic rings. The Morgan fingerprint density at radius 2 is 1.85 bits per heavy atom. The Labute approximate surface area is 162 Å². The van der Waals surface area contributed by atoms with E-state index in [0.717, 1.165) is 27.8 Å². The first kappa shape index (κ1) is 18.9. The maximum Gasteiger partial charge on any atom is 0.248 e. The number of hydrazine groups is 1. The topological polar surface area (TPSA) is 84.7 Å². The lowest BCUT2D eigenvalue weighted by Crippen LogP contribution is -2.32. The number of carbonyl (C=O) groups is 1. The van der Waals surface area contributed by atoms with Crippen LogP contribution >= 0.6 is 11.8 Å². The van der Waals surface area contributed by atoms with Crippen LogP contribution in [-0.2, 0) is 4.79 Å². The summed E-state index contributed by atoms with van der Waals surface area (Å²) in [6, 6.07) is 8.15. The van der Waals surface area contributed by atoms with E-state index >= 15 is 0 Å². The molecule has 0 aliphatic rings. The third-order valence-corrected chi connectivity index (χ3v) is 4.83. The maximum absolute atomic E-state index is 12.2. The molecule has 1 amide bonds. The fourth-order valence-electron chi connectivity index (χ4n) is 2.63. The number of aromatic nitrogens is 4. The molecule has 0 radical (unpaired) electrons. The highest BCUT2D eigenvalue weighted by atomic mass is 32.2. The minimum Gasteiger partial charge on any atom is -0.295 e. The number of anilines is 1. The summed E-state index contributed by atoms with van der Waals surface area (Å²) in [5.74, 6) is 0.417. The van der Waals surface area contributed by atoms with Crippen LogP contribution in [0.1, 0.15) is 22.5 Å². The second-order valence-corrected chi connectivity index (χ2v) is 7.25. The van der Waals surface area contributed by atoms with Crippen LogP contribution in [0.25, 0.3) is 5.69 Å². The SMILES string of the molecule is Cc1ccc(C)c(-n2ccnc2SCC(=O)NNc2nc(C)cc(C)n2)c1. The molecule has 0 aliphatic carbocycles. The summed E-state index contributed by atoms with van der Waals surface area (Å²) >= 11 is 1.37. The monoisotopic (exact) mass is 382 g/mol. The van der Waals surface area contributed by atoms with Crippen LogP contribution in [0.15, 0.2) is 41.8 Å². The average molecular weight is 382 g/mol. The van der Waals surface area contributed by atoms with E-state index in [1.807, 2.05) is 30.7 Å². The van der Waals surface area contributed by atoms with Crippen LogP contribution in [-0.4, -0.2) is 31.2 Å². The quantitative estimate of drug-likeness (QED) is 0.503. The molecular weight excluding hydrogens is 360 g/mol. The Morgan fingerprint density at radius 3 is 2.59 bits per heavy atom. The number of carbonyl (C=O) groups excluding carboxylic acids is 1. The van der Waals surface area contributed by atoms with Crippen LogP contribution in [0, 0.1) is 27.7 Å². The fourth-order valence-corrected chi connectivity index (χ4v) is 3.40. The van der Waals surface area contributed by atoms with Crippen molar-refractivity contribution in [2.24, 2.45) is 0 Å². The molecule has 0 bridgehead atoms. The van der Waals surface area contributed by atoms with Crippen LogP contribution in [0.2, 0.25) is 0 Å². The minimum atomic E-state index is -0.182. The zero-order chi connectivity index (χ0) is 19.4. The molecule has 0 unspecified atom stereocenters. The summed E-state index contributed by atoms with van der Waals surface area (Å²) in [6.45, 7) is 7.87. The molecule has 140 valence electrons. The van der Waals surface area contributed by atoms with Crippen LogP contribution in [0.3, 0.4) is 0 Å². The number of imidazole rings is 1. The lowest BCUT2D eigenvalue weighted by atomic mass is 10.1. The predicted octanol–water partition coefficient (Wildman–Crippen LogP) is 3.13. The number of aryl methyl sites for hydroxylation is 4. The first-order valence-electron chi connectivity index (χ1n) is 8.53. The van der Waals surface area contributed by atoms with Crippen molar-refractivity contribution in [1.82, 2.24) is 24.9 Å². The molecule has 0 fully saturated rings. The van der Waals surface area contributed by atoms with Gasteiger partial charge < -0.3 is 0 Å². The Morgan fingerprint density at radius 1 is 1.11 bits per heavy atom. The van der Waals surface area contributed by atoms with Crippen molar-refractivity contribution in [2.75, 3.05) is 11.2 Å². The van der Waals surface area contributed by atoms with Crippen molar-refractivity contribution in [3.8, 4) is 5.69 Å². The van der Waals surface area contributed by atoms with Crippen LogP contribution in [0.4, 0.5) is 5.95 Å². The minimum absolute atomic E-state index is 0.182. The Balaban J connectivity index is 1.61. The zero-order valence-corrected chi connectivity index (χ0v) is 16.6. The molecule has 27 heavy (non-hydrogen) atoms. The van der Waals surface area contributed by atoms with Gasteiger partial charge in [-0.05, 0) is 51.0 Å². The van der Waals surface area contributed by atoms with Gasteiger partial charge in [0.25, 0.3) is 0 Å². The van der Waals surface area contributed by atoms with Crippen molar-refractivity contribution in [3.05, 3.63) is 59.2 Å². The molecule has 0 saturated carbocycles. The van der Waals surface area contributed by atoms with Crippen molar-refractivity contribution in [3.63, 3.8) is 0 Å². The van der Waals surface area contributed by atoms with Gasteiger partial charge in [-0.2, -0.15) is 0 Å². The highest BCUT2D eigenvalue weighted by molar-refractivity contribution is 7.99. The van der Waals surface area contributed by atoms with Crippen molar-refractivity contribution in [2.45, 2.75) is 32.9 Å². The van der Waals surface area contributed by atoms with Crippen LogP contribution in [0.5, 0.6) is 0 Å². The number of thioether (sulfide) groups is 1. The molecule has 0 spiro atoms. The maximum atomic E-state index is 12.2. The van der Waals surface area contributed by atoms with Gasteiger partial charge in [0.2, 0.25) is 11.9 Å². The molecule has 3 rings (SSSR count). The number of rotatable bonds is 6. The van der Waals surface area contributed by atoms with Gasteiger partial charge in [-0.3, -0.25) is 20.2 Å². The molecule has 2 N–H and O–H groups in total. The van der Waals surface area contributed by atoms with Crippen LogP contribution < -0.4 is 10.9 Å². The van der Waals surface area contributed by atoms with Crippen molar-refractivity contribution >= 4 is 23.6 Å². The van der Waals surface area contributed by atoms with Crippen molar-refractivity contribution < 1.29 is 4.79 Å². The van der Waals surface area contributed by atoms with E-state index in [0.29, 0.717) is 5.95 Å². The van der Waals surface area contributed by atoms with E-state index in [9.17, 15) is 4.79 Å². The second-order valence-electron chi connectivity index (χ2n) is 6.31. The Bertz CT molecular complexity index is 948. The zero-order valence-electron chi connectivity index (χ0n) is 15.8. The van der Waals surface area contributed by atoms with Gasteiger partial charge >= 0.3 is 0 Å². The van der Waals surface area contributed by atoms with Gasteiger partial charge in [-0.15, -0.1) is 0 Å². The van der Waals surface area contributed by atoms with Gasteiger partial charge in [-0.25, -0.2) is 15.0 Å². The molecule has 0 aliphatic heterocycles. The second kappa shape index (κ2) is 8.22. The predicted molar refractivity (Wildman–Crippen MR) is 107 cm³/mol. The number of nitrogens with one attached hydrogen (secondary N) is 2. The molecular formula is C19H22N6OS. The molecule has 0 saturated heterocycles. The third kappa shape index (κ3) is 4.85. The number of benzene rings is 1. The summed E-state index contributed by atoms with van der Waals surface area (Å²) in [7, 11) is 0.